The Bertz CT molecular complexity index is 403. The van der Waals surface area contributed by atoms with Crippen LogP contribution in [0.25, 0.3) is 0 Å². The molecule has 0 aromatic carbocycles. The van der Waals surface area contributed by atoms with Crippen LogP contribution in [-0.2, 0) is 0 Å². The zero-order valence-electron chi connectivity index (χ0n) is 9.86. The molecule has 2 rings (SSSR count). The van der Waals surface area contributed by atoms with E-state index >= 15 is 0 Å². The molecule has 4 nitrogen and oxygen atoms in total. The lowest BCUT2D eigenvalue weighted by Crippen LogP contribution is -2.51. The predicted molar refractivity (Wildman–Crippen MR) is 66.0 cm³/mol. The summed E-state index contributed by atoms with van der Waals surface area (Å²) in [6.07, 6.45) is 3.09. The normalized spacial score (nSPS) is 22.5. The quantitative estimate of drug-likeness (QED) is 0.883. The van der Waals surface area contributed by atoms with E-state index in [-0.39, 0.29) is 23.2 Å². The van der Waals surface area contributed by atoms with Gasteiger partial charge in [0.2, 0.25) is 0 Å². The number of likely N-dealkylation sites (tertiary alicyclic amines) is 1. The molecule has 1 aliphatic rings. The summed E-state index contributed by atoms with van der Waals surface area (Å²) in [7, 11) is 0. The Morgan fingerprint density at radius 3 is 2.94 bits per heavy atom. The molecule has 1 amide bonds. The van der Waals surface area contributed by atoms with E-state index in [9.17, 15) is 4.79 Å². The van der Waals surface area contributed by atoms with Crippen molar-refractivity contribution < 1.29 is 9.21 Å². The van der Waals surface area contributed by atoms with Gasteiger partial charge in [0, 0.05) is 18.6 Å². The number of carbonyl (C=O) groups is 1. The summed E-state index contributed by atoms with van der Waals surface area (Å²) in [5.74, 6) is 0.182. The molecule has 1 saturated heterocycles. The summed E-state index contributed by atoms with van der Waals surface area (Å²) < 4.78 is 5.16. The van der Waals surface area contributed by atoms with Crippen molar-refractivity contribution in [3.05, 3.63) is 23.1 Å². The Kier molecular flexibility index (Phi) is 3.74. The maximum absolute atomic E-state index is 12.2. The van der Waals surface area contributed by atoms with Gasteiger partial charge < -0.3 is 15.1 Å². The van der Waals surface area contributed by atoms with Crippen LogP contribution in [0.5, 0.6) is 0 Å². The average Bonchev–Trinajstić information content (AvgIpc) is 2.75. The van der Waals surface area contributed by atoms with E-state index in [0.29, 0.717) is 5.76 Å². The molecule has 1 fully saturated rings. The fourth-order valence-electron chi connectivity index (χ4n) is 2.33. The van der Waals surface area contributed by atoms with Gasteiger partial charge in [-0.15, -0.1) is 0 Å². The van der Waals surface area contributed by atoms with Gasteiger partial charge in [0.25, 0.3) is 5.91 Å². The Morgan fingerprint density at radius 2 is 2.35 bits per heavy atom. The van der Waals surface area contributed by atoms with E-state index in [1.54, 1.807) is 12.1 Å². The van der Waals surface area contributed by atoms with E-state index in [0.717, 1.165) is 25.8 Å². The number of hydrogen-bond acceptors (Lipinski definition) is 3. The first-order valence-corrected chi connectivity index (χ1v) is 6.29. The Balaban J connectivity index is 2.16. The largest absolute Gasteiger partial charge is 0.440 e. The molecular weight excluding hydrogens is 240 g/mol. The maximum Gasteiger partial charge on any atom is 0.289 e. The van der Waals surface area contributed by atoms with Crippen molar-refractivity contribution in [1.82, 2.24) is 4.90 Å². The van der Waals surface area contributed by atoms with Gasteiger partial charge in [-0.3, -0.25) is 4.79 Å². The molecule has 94 valence electrons. The molecule has 0 bridgehead atoms. The van der Waals surface area contributed by atoms with E-state index < -0.39 is 0 Å². The zero-order valence-corrected chi connectivity index (χ0v) is 10.6. The second-order valence-electron chi connectivity index (χ2n) is 4.52. The number of carbonyl (C=O) groups excluding carboxylic acids is 1. The van der Waals surface area contributed by atoms with Crippen molar-refractivity contribution in [3.8, 4) is 0 Å². The Labute approximate surface area is 106 Å². The molecule has 0 unspecified atom stereocenters. The van der Waals surface area contributed by atoms with Crippen molar-refractivity contribution in [2.24, 2.45) is 5.73 Å². The highest BCUT2D eigenvalue weighted by molar-refractivity contribution is 6.29. The molecule has 5 heteroatoms. The molecule has 0 radical (unpaired) electrons. The third-order valence-electron chi connectivity index (χ3n) is 3.20. The minimum atomic E-state index is -0.112. The van der Waals surface area contributed by atoms with Gasteiger partial charge in [-0.05, 0) is 49.9 Å². The van der Waals surface area contributed by atoms with E-state index in [1.165, 1.54) is 0 Å². The van der Waals surface area contributed by atoms with Crippen molar-refractivity contribution in [2.45, 2.75) is 38.3 Å². The summed E-state index contributed by atoms with van der Waals surface area (Å²) >= 11 is 5.68. The minimum absolute atomic E-state index is 0.0234. The fraction of sp³-hybridized carbons (Fsp3) is 0.583. The first-order valence-electron chi connectivity index (χ1n) is 5.91. The van der Waals surface area contributed by atoms with Gasteiger partial charge in [0.15, 0.2) is 11.0 Å². The van der Waals surface area contributed by atoms with Crippen LogP contribution in [0.1, 0.15) is 36.7 Å². The standard InChI is InChI=1S/C12H17ClN2O2/c1-8(14)9-4-2-3-7-15(9)12(16)10-5-6-11(13)17-10/h5-6,8-9H,2-4,7,14H2,1H3/t8-,9-/m0/s1. The lowest BCUT2D eigenvalue weighted by Gasteiger charge is -2.37. The van der Waals surface area contributed by atoms with E-state index in [4.69, 9.17) is 21.8 Å². The van der Waals surface area contributed by atoms with Crippen molar-refractivity contribution in [2.75, 3.05) is 6.54 Å². The molecule has 17 heavy (non-hydrogen) atoms. The second kappa shape index (κ2) is 5.10. The Morgan fingerprint density at radius 1 is 1.59 bits per heavy atom. The number of nitrogens with two attached hydrogens (primary N) is 1. The monoisotopic (exact) mass is 256 g/mol. The van der Waals surface area contributed by atoms with Crippen molar-refractivity contribution >= 4 is 17.5 Å². The maximum atomic E-state index is 12.2. The summed E-state index contributed by atoms with van der Waals surface area (Å²) in [5.41, 5.74) is 5.93. The predicted octanol–water partition coefficient (Wildman–Crippen LogP) is 2.27. The highest BCUT2D eigenvalue weighted by Gasteiger charge is 2.31. The van der Waals surface area contributed by atoms with Gasteiger partial charge in [-0.1, -0.05) is 0 Å². The highest BCUT2D eigenvalue weighted by atomic mass is 35.5. The van der Waals surface area contributed by atoms with Crippen LogP contribution >= 0.6 is 11.6 Å². The van der Waals surface area contributed by atoms with Crippen LogP contribution in [0.15, 0.2) is 16.5 Å². The summed E-state index contributed by atoms with van der Waals surface area (Å²) in [6, 6.07) is 3.27. The molecule has 1 aliphatic heterocycles. The number of amides is 1. The number of nitrogens with zero attached hydrogens (tertiary/aromatic N) is 1. The molecule has 0 spiro atoms. The number of piperidine rings is 1. The fourth-order valence-corrected chi connectivity index (χ4v) is 2.47. The number of furan rings is 1. The molecule has 2 atom stereocenters. The first-order chi connectivity index (χ1) is 8.09. The summed E-state index contributed by atoms with van der Waals surface area (Å²) in [6.45, 7) is 2.68. The number of rotatable bonds is 2. The summed E-state index contributed by atoms with van der Waals surface area (Å²) in [5, 5.41) is 0.239. The lowest BCUT2D eigenvalue weighted by atomic mass is 9.96. The van der Waals surface area contributed by atoms with Crippen LogP contribution in [0, 0.1) is 0 Å². The third-order valence-corrected chi connectivity index (χ3v) is 3.40. The molecule has 1 aromatic heterocycles. The third kappa shape index (κ3) is 2.64. The van der Waals surface area contributed by atoms with Gasteiger partial charge in [0.1, 0.15) is 0 Å². The SMILES string of the molecule is C[C@H](N)[C@@H]1CCCCN1C(=O)c1ccc(Cl)o1. The number of hydrogen-bond donors (Lipinski definition) is 1. The molecule has 2 N–H and O–H groups in total. The van der Waals surface area contributed by atoms with Gasteiger partial charge in [-0.2, -0.15) is 0 Å². The van der Waals surface area contributed by atoms with E-state index in [2.05, 4.69) is 0 Å². The molecule has 1 aromatic rings. The van der Waals surface area contributed by atoms with E-state index in [1.807, 2.05) is 11.8 Å². The lowest BCUT2D eigenvalue weighted by molar-refractivity contribution is 0.0552. The topological polar surface area (TPSA) is 59.5 Å². The van der Waals surface area contributed by atoms with Crippen molar-refractivity contribution in [1.29, 1.82) is 0 Å². The number of halogens is 1. The molecular formula is C12H17ClN2O2. The minimum Gasteiger partial charge on any atom is -0.440 e. The van der Waals surface area contributed by atoms with Crippen LogP contribution in [0.4, 0.5) is 0 Å². The van der Waals surface area contributed by atoms with Crippen LogP contribution in [0.2, 0.25) is 5.22 Å². The molecule has 0 saturated carbocycles. The van der Waals surface area contributed by atoms with Crippen LogP contribution in [0.3, 0.4) is 0 Å². The first kappa shape index (κ1) is 12.5. The Hall–Kier alpha value is -1.00. The van der Waals surface area contributed by atoms with Crippen LogP contribution < -0.4 is 5.73 Å². The molecule has 2 heterocycles. The zero-order chi connectivity index (χ0) is 12.4. The molecule has 0 aliphatic carbocycles. The second-order valence-corrected chi connectivity index (χ2v) is 4.90. The average molecular weight is 257 g/mol. The van der Waals surface area contributed by atoms with Gasteiger partial charge in [-0.25, -0.2) is 0 Å². The van der Waals surface area contributed by atoms with Crippen LogP contribution in [-0.4, -0.2) is 29.4 Å². The van der Waals surface area contributed by atoms with Crippen molar-refractivity contribution in [3.63, 3.8) is 0 Å². The summed E-state index contributed by atoms with van der Waals surface area (Å²) in [4.78, 5) is 14.1. The van der Waals surface area contributed by atoms with Gasteiger partial charge in [0.05, 0.1) is 0 Å². The van der Waals surface area contributed by atoms with Gasteiger partial charge >= 0.3 is 0 Å². The highest BCUT2D eigenvalue weighted by Crippen LogP contribution is 2.23. The smallest absolute Gasteiger partial charge is 0.289 e.